The van der Waals surface area contributed by atoms with Gasteiger partial charge in [-0.3, -0.25) is 0 Å². The Morgan fingerprint density at radius 1 is 1.19 bits per heavy atom. The molecule has 0 radical (unpaired) electrons. The number of hydrogen-bond donors (Lipinski definition) is 1. The Labute approximate surface area is 164 Å². The molecule has 6 heteroatoms. The van der Waals surface area contributed by atoms with Crippen LogP contribution in [0.3, 0.4) is 0 Å². The lowest BCUT2D eigenvalue weighted by molar-refractivity contribution is -0.141. The van der Waals surface area contributed by atoms with Crippen LogP contribution in [0.1, 0.15) is 44.6 Å². The van der Waals surface area contributed by atoms with Gasteiger partial charge in [-0.2, -0.15) is 0 Å². The van der Waals surface area contributed by atoms with Gasteiger partial charge in [0.1, 0.15) is 17.6 Å². The van der Waals surface area contributed by atoms with Gasteiger partial charge in [0.05, 0.1) is 30.3 Å². The summed E-state index contributed by atoms with van der Waals surface area (Å²) in [6, 6.07) is 4.43. The molecule has 3 heterocycles. The second-order valence-electron chi connectivity index (χ2n) is 8.38. The van der Waals surface area contributed by atoms with E-state index >= 15 is 0 Å². The predicted molar refractivity (Wildman–Crippen MR) is 103 cm³/mol. The average molecular weight is 392 g/mol. The first-order chi connectivity index (χ1) is 13.1. The molecule has 0 aromatic heterocycles. The fourth-order valence-electron chi connectivity index (χ4n) is 3.80. The Kier molecular flexibility index (Phi) is 4.49. The van der Waals surface area contributed by atoms with Crippen molar-refractivity contribution in [3.63, 3.8) is 0 Å². The van der Waals surface area contributed by atoms with Gasteiger partial charge < -0.3 is 24.3 Å². The van der Waals surface area contributed by atoms with Crippen molar-refractivity contribution in [2.24, 2.45) is 5.41 Å². The van der Waals surface area contributed by atoms with Crippen molar-refractivity contribution in [1.29, 1.82) is 0 Å². The summed E-state index contributed by atoms with van der Waals surface area (Å²) in [4.78, 5) is 0. The quantitative estimate of drug-likeness (QED) is 0.817. The molecule has 0 amide bonds. The lowest BCUT2D eigenvalue weighted by atomic mass is 9.80. The van der Waals surface area contributed by atoms with Gasteiger partial charge in [-0.25, -0.2) is 0 Å². The summed E-state index contributed by atoms with van der Waals surface area (Å²) in [6.07, 6.45) is 7.46. The van der Waals surface area contributed by atoms with Gasteiger partial charge in [-0.05, 0) is 37.8 Å². The van der Waals surface area contributed by atoms with Crippen LogP contribution in [0.15, 0.2) is 18.2 Å². The predicted octanol–water partition coefficient (Wildman–Crippen LogP) is 4.14. The zero-order valence-corrected chi connectivity index (χ0v) is 16.4. The summed E-state index contributed by atoms with van der Waals surface area (Å²) >= 11 is 6.55. The van der Waals surface area contributed by atoms with E-state index in [4.69, 9.17) is 30.5 Å². The van der Waals surface area contributed by atoms with Crippen molar-refractivity contribution in [3.05, 3.63) is 28.8 Å². The van der Waals surface area contributed by atoms with Gasteiger partial charge in [-0.1, -0.05) is 18.5 Å². The first kappa shape index (κ1) is 17.7. The van der Waals surface area contributed by atoms with Gasteiger partial charge in [0.2, 0.25) is 0 Å². The second kappa shape index (κ2) is 6.87. The molecular weight excluding hydrogens is 366 g/mol. The monoisotopic (exact) mass is 391 g/mol. The Morgan fingerprint density at radius 3 is 2.70 bits per heavy atom. The number of ether oxygens (including phenoxy) is 4. The Morgan fingerprint density at radius 2 is 2.04 bits per heavy atom. The third-order valence-electron chi connectivity index (χ3n) is 5.78. The molecule has 1 aliphatic carbocycles. The van der Waals surface area contributed by atoms with Crippen molar-refractivity contribution in [2.45, 2.75) is 57.5 Å². The molecule has 1 aromatic rings. The summed E-state index contributed by atoms with van der Waals surface area (Å²) in [6.45, 7) is 4.38. The number of nitrogens with one attached hydrogen (secondary N) is 1. The number of rotatable bonds is 5. The standard InChI is InChI=1S/C21H26ClNO4/c1-21(11-24-12-21)19-9-16(23-13-5-6-13)14-8-15(22)18(10-17(14)26-19)27-20-4-2-3-7-25-20/h8-10,13,19-20,23H,2-7,11-12H2,1H3. The molecule has 5 rings (SSSR count). The van der Waals surface area contributed by atoms with Crippen LogP contribution in [-0.2, 0) is 9.47 Å². The first-order valence-corrected chi connectivity index (χ1v) is 10.3. The molecule has 5 nitrogen and oxygen atoms in total. The molecule has 3 fully saturated rings. The second-order valence-corrected chi connectivity index (χ2v) is 8.78. The molecule has 2 atom stereocenters. The van der Waals surface area contributed by atoms with E-state index in [0.29, 0.717) is 30.0 Å². The fraction of sp³-hybridized carbons (Fsp3) is 0.619. The van der Waals surface area contributed by atoms with Crippen LogP contribution in [-0.4, -0.2) is 38.3 Å². The van der Waals surface area contributed by atoms with Crippen LogP contribution in [0, 0.1) is 5.41 Å². The third kappa shape index (κ3) is 3.53. The molecule has 146 valence electrons. The van der Waals surface area contributed by atoms with Crippen molar-refractivity contribution in [3.8, 4) is 11.5 Å². The molecular formula is C21H26ClNO4. The van der Waals surface area contributed by atoms with Crippen LogP contribution < -0.4 is 14.8 Å². The summed E-state index contributed by atoms with van der Waals surface area (Å²) in [5.41, 5.74) is 2.12. The maximum Gasteiger partial charge on any atom is 0.199 e. The highest BCUT2D eigenvalue weighted by molar-refractivity contribution is 6.32. The van der Waals surface area contributed by atoms with Crippen molar-refractivity contribution in [2.75, 3.05) is 19.8 Å². The zero-order chi connectivity index (χ0) is 18.4. The Hall–Kier alpha value is -1.43. The molecule has 1 saturated carbocycles. The topological polar surface area (TPSA) is 49.0 Å². The minimum Gasteiger partial charge on any atom is -0.485 e. The van der Waals surface area contributed by atoms with Crippen molar-refractivity contribution >= 4 is 17.3 Å². The smallest absolute Gasteiger partial charge is 0.199 e. The number of benzene rings is 1. The SMILES string of the molecule is CC1(C2C=C(NC3CC3)c3cc(Cl)c(OC4CCCCO4)cc3O2)COC1. The molecule has 4 aliphatic rings. The van der Waals surface area contributed by atoms with Crippen LogP contribution in [0.5, 0.6) is 11.5 Å². The van der Waals surface area contributed by atoms with E-state index < -0.39 is 0 Å². The Balaban J connectivity index is 1.44. The van der Waals surface area contributed by atoms with E-state index in [1.54, 1.807) is 0 Å². The highest BCUT2D eigenvalue weighted by Crippen LogP contribution is 2.44. The van der Waals surface area contributed by atoms with Gasteiger partial charge >= 0.3 is 0 Å². The number of fused-ring (bicyclic) bond motifs is 1. The van der Waals surface area contributed by atoms with Crippen LogP contribution >= 0.6 is 11.6 Å². The highest BCUT2D eigenvalue weighted by atomic mass is 35.5. The van der Waals surface area contributed by atoms with E-state index in [-0.39, 0.29) is 17.8 Å². The number of hydrogen-bond acceptors (Lipinski definition) is 5. The summed E-state index contributed by atoms with van der Waals surface area (Å²) in [5, 5.41) is 4.23. The molecule has 3 aliphatic heterocycles. The lowest BCUT2D eigenvalue weighted by Gasteiger charge is -2.44. The van der Waals surface area contributed by atoms with E-state index in [9.17, 15) is 0 Å². The average Bonchev–Trinajstić information content (AvgIpc) is 3.46. The van der Waals surface area contributed by atoms with Crippen LogP contribution in [0.25, 0.3) is 5.70 Å². The molecule has 1 aromatic carbocycles. The van der Waals surface area contributed by atoms with E-state index in [1.165, 1.54) is 12.8 Å². The van der Waals surface area contributed by atoms with Gasteiger partial charge in [0.25, 0.3) is 0 Å². The normalized spacial score (nSPS) is 29.0. The van der Waals surface area contributed by atoms with Crippen LogP contribution in [0.2, 0.25) is 5.02 Å². The molecule has 1 N–H and O–H groups in total. The van der Waals surface area contributed by atoms with E-state index in [0.717, 1.165) is 42.9 Å². The van der Waals surface area contributed by atoms with Gasteiger partial charge in [-0.15, -0.1) is 0 Å². The van der Waals surface area contributed by atoms with Crippen molar-refractivity contribution < 1.29 is 18.9 Å². The maximum atomic E-state index is 6.55. The first-order valence-electron chi connectivity index (χ1n) is 9.96. The fourth-order valence-corrected chi connectivity index (χ4v) is 4.00. The van der Waals surface area contributed by atoms with E-state index in [1.807, 2.05) is 12.1 Å². The third-order valence-corrected chi connectivity index (χ3v) is 6.08. The molecule has 2 unspecified atom stereocenters. The molecule has 27 heavy (non-hydrogen) atoms. The van der Waals surface area contributed by atoms with Crippen molar-refractivity contribution in [1.82, 2.24) is 5.32 Å². The van der Waals surface area contributed by atoms with E-state index in [2.05, 4.69) is 18.3 Å². The summed E-state index contributed by atoms with van der Waals surface area (Å²) < 4.78 is 23.6. The highest BCUT2D eigenvalue weighted by Gasteiger charge is 2.44. The summed E-state index contributed by atoms with van der Waals surface area (Å²) in [7, 11) is 0. The van der Waals surface area contributed by atoms with Gasteiger partial charge in [0.15, 0.2) is 6.29 Å². The van der Waals surface area contributed by atoms with Gasteiger partial charge in [0, 0.05) is 29.8 Å². The minimum absolute atomic E-state index is 0.00130. The Bertz CT molecular complexity index is 751. The zero-order valence-electron chi connectivity index (χ0n) is 15.6. The molecule has 2 saturated heterocycles. The maximum absolute atomic E-state index is 6.55. The number of halogens is 1. The molecule has 0 spiro atoms. The largest absolute Gasteiger partial charge is 0.485 e. The van der Waals surface area contributed by atoms with Crippen LogP contribution in [0.4, 0.5) is 0 Å². The summed E-state index contributed by atoms with van der Waals surface area (Å²) in [5.74, 6) is 1.44. The minimum atomic E-state index is -0.231. The molecule has 0 bridgehead atoms. The lowest BCUT2D eigenvalue weighted by Crippen LogP contribution is -2.51.